The van der Waals surface area contributed by atoms with Crippen LogP contribution in [0.2, 0.25) is 0 Å². The third-order valence-corrected chi connectivity index (χ3v) is 6.20. The summed E-state index contributed by atoms with van der Waals surface area (Å²) in [6.07, 6.45) is 1.84. The molecule has 0 saturated carbocycles. The van der Waals surface area contributed by atoms with Crippen LogP contribution >= 0.6 is 11.3 Å². The quantitative estimate of drug-likeness (QED) is 0.573. The monoisotopic (exact) mass is 428 g/mol. The summed E-state index contributed by atoms with van der Waals surface area (Å²) in [5.41, 5.74) is 0.817. The molecule has 1 aromatic carbocycles. The van der Waals surface area contributed by atoms with Gasteiger partial charge >= 0.3 is 0 Å². The number of carbonyl (C=O) groups is 2. The van der Waals surface area contributed by atoms with Gasteiger partial charge in [-0.05, 0) is 32.0 Å². The molecular formula is C20H24N6O3S. The van der Waals surface area contributed by atoms with Gasteiger partial charge in [-0.1, -0.05) is 11.3 Å². The van der Waals surface area contributed by atoms with Crippen LogP contribution in [0.25, 0.3) is 10.2 Å². The average Bonchev–Trinajstić information content (AvgIpc) is 3.44. The van der Waals surface area contributed by atoms with Gasteiger partial charge in [-0.25, -0.2) is 4.98 Å². The molecule has 0 bridgehead atoms. The highest BCUT2D eigenvalue weighted by molar-refractivity contribution is 7.22. The summed E-state index contributed by atoms with van der Waals surface area (Å²) in [7, 11) is 1.73. The summed E-state index contributed by atoms with van der Waals surface area (Å²) in [5, 5.41) is 8.60. The lowest BCUT2D eigenvalue weighted by molar-refractivity contribution is -0.135. The van der Waals surface area contributed by atoms with Crippen molar-refractivity contribution in [2.45, 2.75) is 33.4 Å². The molecule has 0 aliphatic carbocycles. The number of ether oxygens (including phenoxy) is 1. The zero-order chi connectivity index (χ0) is 21.3. The molecule has 2 aromatic heterocycles. The van der Waals surface area contributed by atoms with Crippen LogP contribution in [-0.4, -0.2) is 56.7 Å². The Kier molecular flexibility index (Phi) is 5.67. The second-order valence-corrected chi connectivity index (χ2v) is 8.20. The molecule has 0 N–H and O–H groups in total. The number of carbonyl (C=O) groups excluding carboxylic acids is 2. The largest absolute Gasteiger partial charge is 0.494 e. The fourth-order valence-electron chi connectivity index (χ4n) is 3.59. The Hall–Kier alpha value is -3.01. The van der Waals surface area contributed by atoms with Crippen molar-refractivity contribution in [2.24, 2.45) is 5.92 Å². The molecule has 1 aliphatic rings. The molecule has 1 fully saturated rings. The van der Waals surface area contributed by atoms with E-state index in [0.717, 1.165) is 28.3 Å². The fourth-order valence-corrected chi connectivity index (χ4v) is 4.61. The third kappa shape index (κ3) is 3.87. The Morgan fingerprint density at radius 1 is 1.37 bits per heavy atom. The van der Waals surface area contributed by atoms with Crippen LogP contribution in [0.1, 0.15) is 26.1 Å². The van der Waals surface area contributed by atoms with Crippen LogP contribution in [0.3, 0.4) is 0 Å². The maximum atomic E-state index is 12.9. The van der Waals surface area contributed by atoms with Crippen LogP contribution in [0, 0.1) is 5.92 Å². The van der Waals surface area contributed by atoms with Gasteiger partial charge in [0.15, 0.2) is 11.0 Å². The molecule has 3 aromatic rings. The fraction of sp³-hybridized carbons (Fsp3) is 0.450. The number of aromatic nitrogens is 4. The highest BCUT2D eigenvalue weighted by Crippen LogP contribution is 2.34. The van der Waals surface area contributed by atoms with Gasteiger partial charge in [-0.2, -0.15) is 0 Å². The van der Waals surface area contributed by atoms with Crippen LogP contribution in [0.4, 0.5) is 5.13 Å². The van der Waals surface area contributed by atoms with Crippen molar-refractivity contribution in [1.29, 1.82) is 0 Å². The lowest BCUT2D eigenvalue weighted by Gasteiger charge is -2.20. The molecule has 1 unspecified atom stereocenters. The van der Waals surface area contributed by atoms with Gasteiger partial charge in [-0.15, -0.1) is 10.2 Å². The van der Waals surface area contributed by atoms with Crippen LogP contribution in [0.15, 0.2) is 24.5 Å². The normalized spacial score (nSPS) is 16.4. The van der Waals surface area contributed by atoms with Gasteiger partial charge in [0.05, 0.1) is 29.3 Å². The van der Waals surface area contributed by atoms with Crippen LogP contribution in [-0.2, 0) is 22.7 Å². The predicted molar refractivity (Wildman–Crippen MR) is 113 cm³/mol. The van der Waals surface area contributed by atoms with Crippen molar-refractivity contribution in [3.05, 3.63) is 30.4 Å². The second-order valence-electron chi connectivity index (χ2n) is 7.19. The standard InChI is InChI=1S/C20H24N6O3S/c1-4-25-12-21-23-17(25)11-24(3)19(28)13-8-18(27)26(10-13)20-22-15-7-6-14(29-5-2)9-16(15)30-20/h6-7,9,12-13H,4-5,8,10-11H2,1-3H3. The number of hydrogen-bond donors (Lipinski definition) is 0. The highest BCUT2D eigenvalue weighted by Gasteiger charge is 2.38. The number of hydrogen-bond acceptors (Lipinski definition) is 7. The van der Waals surface area contributed by atoms with Gasteiger partial charge < -0.3 is 14.2 Å². The van der Waals surface area contributed by atoms with Crippen LogP contribution in [0.5, 0.6) is 5.75 Å². The first kappa shape index (κ1) is 20.3. The molecule has 3 heterocycles. The third-order valence-electron chi connectivity index (χ3n) is 5.16. The average molecular weight is 429 g/mol. The second kappa shape index (κ2) is 8.39. The molecular weight excluding hydrogens is 404 g/mol. The molecule has 2 amide bonds. The zero-order valence-electron chi connectivity index (χ0n) is 17.2. The molecule has 30 heavy (non-hydrogen) atoms. The molecule has 0 radical (unpaired) electrons. The molecule has 0 spiro atoms. The number of fused-ring (bicyclic) bond motifs is 1. The topological polar surface area (TPSA) is 93.4 Å². The number of anilines is 1. The zero-order valence-corrected chi connectivity index (χ0v) is 18.1. The lowest BCUT2D eigenvalue weighted by atomic mass is 10.1. The van der Waals surface area contributed by atoms with E-state index in [1.165, 1.54) is 11.3 Å². The maximum Gasteiger partial charge on any atom is 0.229 e. The van der Waals surface area contributed by atoms with E-state index in [-0.39, 0.29) is 18.2 Å². The first-order chi connectivity index (χ1) is 14.5. The van der Waals surface area contributed by atoms with Crippen molar-refractivity contribution in [2.75, 3.05) is 25.1 Å². The molecule has 1 aliphatic heterocycles. The van der Waals surface area contributed by atoms with E-state index in [1.54, 1.807) is 23.2 Å². The first-order valence-electron chi connectivity index (χ1n) is 9.95. The SMILES string of the molecule is CCOc1ccc2nc(N3CC(C(=O)N(C)Cc4nncn4CC)CC3=O)sc2c1. The van der Waals surface area contributed by atoms with E-state index in [9.17, 15) is 9.59 Å². The Morgan fingerprint density at radius 3 is 2.97 bits per heavy atom. The summed E-state index contributed by atoms with van der Waals surface area (Å²) in [6, 6.07) is 5.69. The molecule has 9 nitrogen and oxygen atoms in total. The molecule has 1 atom stereocenters. The van der Waals surface area contributed by atoms with Crippen LogP contribution < -0.4 is 9.64 Å². The van der Waals surface area contributed by atoms with E-state index < -0.39 is 5.92 Å². The molecule has 4 rings (SSSR count). The van der Waals surface area contributed by atoms with Crippen molar-refractivity contribution < 1.29 is 14.3 Å². The number of benzene rings is 1. The number of aryl methyl sites for hydroxylation is 1. The predicted octanol–water partition coefficient (Wildman–Crippen LogP) is 2.32. The summed E-state index contributed by atoms with van der Waals surface area (Å²) < 4.78 is 8.39. The van der Waals surface area contributed by atoms with Gasteiger partial charge in [-0.3, -0.25) is 14.5 Å². The number of amides is 2. The van der Waals surface area contributed by atoms with E-state index in [4.69, 9.17) is 4.74 Å². The Balaban J connectivity index is 1.47. The van der Waals surface area contributed by atoms with Crippen molar-refractivity contribution in [3.63, 3.8) is 0 Å². The van der Waals surface area contributed by atoms with E-state index >= 15 is 0 Å². The van der Waals surface area contributed by atoms with Crippen molar-refractivity contribution in [1.82, 2.24) is 24.6 Å². The molecule has 158 valence electrons. The first-order valence-corrected chi connectivity index (χ1v) is 10.8. The van der Waals surface area contributed by atoms with Crippen molar-refractivity contribution in [3.8, 4) is 5.75 Å². The molecule has 10 heteroatoms. The van der Waals surface area contributed by atoms with E-state index in [2.05, 4.69) is 15.2 Å². The summed E-state index contributed by atoms with van der Waals surface area (Å²) >= 11 is 1.44. The number of thiazole rings is 1. The van der Waals surface area contributed by atoms with E-state index in [1.807, 2.05) is 36.6 Å². The highest BCUT2D eigenvalue weighted by atomic mass is 32.1. The van der Waals surface area contributed by atoms with E-state index in [0.29, 0.717) is 24.8 Å². The summed E-state index contributed by atoms with van der Waals surface area (Å²) in [5.74, 6) is 0.957. The van der Waals surface area contributed by atoms with Gasteiger partial charge in [0, 0.05) is 26.6 Å². The Labute approximate surface area is 178 Å². The van der Waals surface area contributed by atoms with Gasteiger partial charge in [0.2, 0.25) is 11.8 Å². The lowest BCUT2D eigenvalue weighted by Crippen LogP contribution is -2.35. The number of nitrogens with zero attached hydrogens (tertiary/aromatic N) is 6. The minimum absolute atomic E-state index is 0.0729. The minimum Gasteiger partial charge on any atom is -0.494 e. The summed E-state index contributed by atoms with van der Waals surface area (Å²) in [6.45, 7) is 5.96. The van der Waals surface area contributed by atoms with Gasteiger partial charge in [0.25, 0.3) is 0 Å². The number of rotatable bonds is 7. The minimum atomic E-state index is -0.397. The summed E-state index contributed by atoms with van der Waals surface area (Å²) in [4.78, 5) is 33.4. The smallest absolute Gasteiger partial charge is 0.229 e. The Bertz CT molecular complexity index is 1080. The maximum absolute atomic E-state index is 12.9. The van der Waals surface area contributed by atoms with Crippen molar-refractivity contribution >= 4 is 38.5 Å². The van der Waals surface area contributed by atoms with Gasteiger partial charge in [0.1, 0.15) is 12.1 Å². The Morgan fingerprint density at radius 2 is 2.20 bits per heavy atom. The molecule has 1 saturated heterocycles.